The second-order valence-corrected chi connectivity index (χ2v) is 13.4. The van der Waals surface area contributed by atoms with Crippen molar-refractivity contribution in [2.24, 2.45) is 0 Å². The minimum atomic E-state index is -2.35. The van der Waals surface area contributed by atoms with Crippen LogP contribution in [0.5, 0.6) is 0 Å². The number of rotatable bonds is 10. The van der Waals surface area contributed by atoms with Gasteiger partial charge in [-0.25, -0.2) is 0 Å². The number of hydrogen-bond acceptors (Lipinski definition) is 4. The zero-order valence-electron chi connectivity index (χ0n) is 18.4. The van der Waals surface area contributed by atoms with E-state index in [2.05, 4.69) is 43.0 Å². The molecule has 4 nitrogen and oxygen atoms in total. The molecular formula is C24H35NO3Si. The molecule has 158 valence electrons. The Morgan fingerprint density at radius 3 is 1.83 bits per heavy atom. The van der Waals surface area contributed by atoms with E-state index in [-0.39, 0.29) is 17.0 Å². The highest BCUT2D eigenvalue weighted by molar-refractivity contribution is 6.72. The minimum absolute atomic E-state index is 0.190. The summed E-state index contributed by atoms with van der Waals surface area (Å²) in [6.45, 7) is 9.46. The van der Waals surface area contributed by atoms with Crippen LogP contribution in [-0.2, 0) is 22.6 Å². The molecule has 0 amide bonds. The third-order valence-corrected chi connectivity index (χ3v) is 9.63. The summed E-state index contributed by atoms with van der Waals surface area (Å²) >= 11 is 0. The smallest absolute Gasteiger partial charge is 0.323 e. The van der Waals surface area contributed by atoms with Crippen molar-refractivity contribution in [3.05, 3.63) is 71.8 Å². The van der Waals surface area contributed by atoms with Gasteiger partial charge in [-0.15, -0.1) is 0 Å². The zero-order chi connectivity index (χ0) is 21.5. The lowest BCUT2D eigenvalue weighted by Crippen LogP contribution is -2.44. The number of esters is 1. The number of nitrogens with zero attached hydrogens (tertiary/aromatic N) is 1. The molecule has 0 fully saturated rings. The molecule has 29 heavy (non-hydrogen) atoms. The molecule has 0 heterocycles. The average Bonchev–Trinajstić information content (AvgIpc) is 2.68. The van der Waals surface area contributed by atoms with Crippen LogP contribution in [0.3, 0.4) is 0 Å². The molecule has 2 aromatic rings. The molecule has 0 aliphatic carbocycles. The molecule has 0 saturated carbocycles. The number of benzene rings is 2. The lowest BCUT2D eigenvalue weighted by atomic mass is 10.00. The summed E-state index contributed by atoms with van der Waals surface area (Å²) in [5.74, 6) is -0.218. The van der Waals surface area contributed by atoms with Crippen molar-refractivity contribution in [2.75, 3.05) is 7.11 Å². The van der Waals surface area contributed by atoms with Gasteiger partial charge in [-0.2, -0.15) is 0 Å². The second kappa shape index (κ2) is 10.2. The van der Waals surface area contributed by atoms with Gasteiger partial charge in [0.1, 0.15) is 6.04 Å². The molecule has 0 bridgehead atoms. The van der Waals surface area contributed by atoms with E-state index in [4.69, 9.17) is 4.74 Å². The molecule has 2 rings (SSSR count). The van der Waals surface area contributed by atoms with Crippen LogP contribution in [0.1, 0.15) is 37.8 Å². The van der Waals surface area contributed by atoms with Gasteiger partial charge in [-0.1, -0.05) is 74.5 Å². The number of hydrogen-bond donors (Lipinski definition) is 1. The van der Waals surface area contributed by atoms with Crippen molar-refractivity contribution < 1.29 is 14.3 Å². The van der Waals surface area contributed by atoms with Gasteiger partial charge in [0, 0.05) is 13.1 Å². The monoisotopic (exact) mass is 413 g/mol. The minimum Gasteiger partial charge on any atom is -0.468 e. The van der Waals surface area contributed by atoms with Crippen molar-refractivity contribution in [1.82, 2.24) is 4.90 Å². The molecule has 0 aliphatic rings. The van der Waals surface area contributed by atoms with Crippen molar-refractivity contribution >= 4 is 14.3 Å². The first-order chi connectivity index (χ1) is 13.6. The molecular weight excluding hydrogens is 378 g/mol. The molecule has 0 spiro atoms. The predicted octanol–water partition coefficient (Wildman–Crippen LogP) is 4.99. The maximum absolute atomic E-state index is 12.8. The van der Waals surface area contributed by atoms with E-state index in [1.807, 2.05) is 49.5 Å². The van der Waals surface area contributed by atoms with E-state index < -0.39 is 8.32 Å². The Morgan fingerprint density at radius 2 is 1.45 bits per heavy atom. The second-order valence-electron chi connectivity index (χ2n) is 8.90. The maximum atomic E-state index is 12.8. The number of carbonyl (C=O) groups is 1. The van der Waals surface area contributed by atoms with Gasteiger partial charge < -0.3 is 9.53 Å². The van der Waals surface area contributed by atoms with Crippen LogP contribution in [0.25, 0.3) is 0 Å². The van der Waals surface area contributed by atoms with Gasteiger partial charge in [-0.05, 0) is 42.1 Å². The summed E-state index contributed by atoms with van der Waals surface area (Å²) < 4.78 is 5.19. The highest BCUT2D eigenvalue weighted by atomic mass is 28.4. The number of methoxy groups -OCH3 is 1. The van der Waals surface area contributed by atoms with Crippen LogP contribution in [0, 0.1) is 0 Å². The molecule has 0 aliphatic heterocycles. The third kappa shape index (κ3) is 6.80. The molecule has 1 N–H and O–H groups in total. The van der Waals surface area contributed by atoms with E-state index in [1.54, 1.807) is 0 Å². The van der Waals surface area contributed by atoms with Crippen molar-refractivity contribution in [1.29, 1.82) is 0 Å². The number of ether oxygens (including phenoxy) is 1. The van der Waals surface area contributed by atoms with Gasteiger partial charge >= 0.3 is 5.97 Å². The van der Waals surface area contributed by atoms with Gasteiger partial charge in [0.15, 0.2) is 8.32 Å². The van der Waals surface area contributed by atoms with Crippen LogP contribution in [0.15, 0.2) is 60.7 Å². The van der Waals surface area contributed by atoms with Crippen LogP contribution >= 0.6 is 0 Å². The van der Waals surface area contributed by atoms with Crippen molar-refractivity contribution in [3.8, 4) is 0 Å². The van der Waals surface area contributed by atoms with Crippen molar-refractivity contribution in [3.63, 3.8) is 0 Å². The van der Waals surface area contributed by atoms with Crippen LogP contribution in [0.4, 0.5) is 0 Å². The molecule has 1 atom stereocenters. The molecule has 0 aromatic heterocycles. The van der Waals surface area contributed by atoms with Crippen LogP contribution in [0.2, 0.25) is 18.1 Å². The van der Waals surface area contributed by atoms with Crippen molar-refractivity contribution in [2.45, 2.75) is 64.0 Å². The van der Waals surface area contributed by atoms with E-state index in [0.29, 0.717) is 19.5 Å². The molecule has 5 heteroatoms. The van der Waals surface area contributed by atoms with E-state index in [1.165, 1.54) is 7.11 Å². The quantitative estimate of drug-likeness (QED) is 0.440. The Hall–Kier alpha value is -1.95. The standard InChI is InChI=1S/C24H35NO3Si/c1-24(2,29(4,5)27)17-16-22(23(26)28-3)25(18-20-12-8-6-9-13-20)19-21-14-10-7-11-15-21/h6-15,22,27H,16-19H2,1-5H3/t22-/m1/s1. The normalized spacial score (nSPS) is 13.3. The Morgan fingerprint density at radius 1 is 1.00 bits per heavy atom. The van der Waals surface area contributed by atoms with Gasteiger partial charge in [0.2, 0.25) is 0 Å². The summed E-state index contributed by atoms with van der Waals surface area (Å²) in [5, 5.41) is -0.190. The Balaban J connectivity index is 2.29. The average molecular weight is 414 g/mol. The van der Waals surface area contributed by atoms with Gasteiger partial charge in [-0.3, -0.25) is 9.69 Å². The summed E-state index contributed by atoms with van der Waals surface area (Å²) in [6, 6.07) is 20.0. The summed E-state index contributed by atoms with van der Waals surface area (Å²) in [6.07, 6.45) is 1.42. The first-order valence-electron chi connectivity index (χ1n) is 10.3. The zero-order valence-corrected chi connectivity index (χ0v) is 19.4. The SMILES string of the molecule is COC(=O)[C@@H](CCC(C)(C)[Si](C)(C)O)N(Cc1ccccc1)Cc1ccccc1. The van der Waals surface area contributed by atoms with E-state index in [9.17, 15) is 9.59 Å². The molecule has 0 radical (unpaired) electrons. The fraction of sp³-hybridized carbons (Fsp3) is 0.458. The summed E-state index contributed by atoms with van der Waals surface area (Å²) in [7, 11) is -0.897. The lowest BCUT2D eigenvalue weighted by molar-refractivity contribution is -0.148. The predicted molar refractivity (Wildman–Crippen MR) is 121 cm³/mol. The maximum Gasteiger partial charge on any atom is 0.323 e. The largest absolute Gasteiger partial charge is 0.468 e. The fourth-order valence-electron chi connectivity index (χ4n) is 3.30. The highest BCUT2D eigenvalue weighted by Crippen LogP contribution is 2.40. The fourth-order valence-corrected chi connectivity index (χ4v) is 4.06. The topological polar surface area (TPSA) is 49.8 Å². The Bertz CT molecular complexity index is 715. The van der Waals surface area contributed by atoms with E-state index in [0.717, 1.165) is 17.5 Å². The molecule has 0 unspecified atom stereocenters. The van der Waals surface area contributed by atoms with Gasteiger partial charge in [0.25, 0.3) is 0 Å². The van der Waals surface area contributed by atoms with Crippen LogP contribution < -0.4 is 0 Å². The first kappa shape index (κ1) is 23.3. The molecule has 2 aromatic carbocycles. The third-order valence-electron chi connectivity index (χ3n) is 6.07. The van der Waals surface area contributed by atoms with Gasteiger partial charge in [0.05, 0.1) is 7.11 Å². The summed E-state index contributed by atoms with van der Waals surface area (Å²) in [5.41, 5.74) is 2.32. The number of carbonyl (C=O) groups excluding carboxylic acids is 1. The first-order valence-corrected chi connectivity index (χ1v) is 13.2. The highest BCUT2D eigenvalue weighted by Gasteiger charge is 2.39. The lowest BCUT2D eigenvalue weighted by Gasteiger charge is -2.37. The Kier molecular flexibility index (Phi) is 8.20. The van der Waals surface area contributed by atoms with E-state index >= 15 is 0 Å². The van der Waals surface area contributed by atoms with Crippen LogP contribution in [-0.4, -0.2) is 37.1 Å². The summed E-state index contributed by atoms with van der Waals surface area (Å²) in [4.78, 5) is 25.7. The Labute approximate surface area is 176 Å². The molecule has 0 saturated heterocycles.